The molecule has 0 spiro atoms. The van der Waals surface area contributed by atoms with E-state index in [9.17, 15) is 4.79 Å². The minimum atomic E-state index is -0.191. The molecule has 0 aliphatic carbocycles. The Morgan fingerprint density at radius 2 is 2.26 bits per heavy atom. The summed E-state index contributed by atoms with van der Waals surface area (Å²) in [4.78, 5) is 22.2. The number of nitrogens with zero attached hydrogens (tertiary/aromatic N) is 5. The number of hydrogen-bond acceptors (Lipinski definition) is 5. The number of amides is 2. The van der Waals surface area contributed by atoms with Gasteiger partial charge in [0.15, 0.2) is 5.82 Å². The van der Waals surface area contributed by atoms with E-state index < -0.39 is 0 Å². The van der Waals surface area contributed by atoms with E-state index >= 15 is 0 Å². The number of urea groups is 1. The Balaban J connectivity index is 1.69. The smallest absolute Gasteiger partial charge is 0.321 e. The Morgan fingerprint density at radius 1 is 1.39 bits per heavy atom. The molecule has 0 aliphatic heterocycles. The minimum absolute atomic E-state index is 0.191. The monoisotopic (exact) mass is 328 g/mol. The van der Waals surface area contributed by atoms with Crippen LogP contribution in [0.3, 0.4) is 0 Å². The van der Waals surface area contributed by atoms with Crippen molar-refractivity contribution in [2.45, 2.75) is 6.54 Å². The summed E-state index contributed by atoms with van der Waals surface area (Å²) in [6, 6.07) is 7.26. The number of aryl methyl sites for hydroxylation is 1. The van der Waals surface area contributed by atoms with Crippen LogP contribution in [0.1, 0.15) is 5.69 Å². The van der Waals surface area contributed by atoms with Crippen LogP contribution in [0.4, 0.5) is 10.5 Å². The Kier molecular flexibility index (Phi) is 4.33. The predicted octanol–water partition coefficient (Wildman–Crippen LogP) is 2.60. The highest BCUT2D eigenvalue weighted by Crippen LogP contribution is 2.19. The molecule has 2 aromatic heterocycles. The summed E-state index contributed by atoms with van der Waals surface area (Å²) in [5, 5.41) is 9.06. The second-order valence-electron chi connectivity index (χ2n) is 5.09. The van der Waals surface area contributed by atoms with E-state index in [2.05, 4.69) is 20.4 Å². The molecule has 0 atom stereocenters. The molecule has 7 nitrogen and oxygen atoms in total. The third kappa shape index (κ3) is 3.72. The van der Waals surface area contributed by atoms with E-state index in [0.29, 0.717) is 18.1 Å². The molecule has 0 unspecified atom stereocenters. The maximum atomic E-state index is 12.2. The third-order valence-electron chi connectivity index (χ3n) is 3.20. The number of carbonyl (C=O) groups excluding carboxylic acids is 1. The van der Waals surface area contributed by atoms with Crippen molar-refractivity contribution in [2.24, 2.45) is 7.05 Å². The molecule has 3 rings (SSSR count). The van der Waals surface area contributed by atoms with Crippen LogP contribution in [-0.2, 0) is 13.6 Å². The Morgan fingerprint density at radius 3 is 2.96 bits per heavy atom. The summed E-state index contributed by atoms with van der Waals surface area (Å²) in [6.45, 7) is 0.469. The molecule has 0 bridgehead atoms. The number of aromatic nitrogens is 4. The summed E-state index contributed by atoms with van der Waals surface area (Å²) in [6.07, 6.45) is 1.64. The molecule has 0 radical (unpaired) electrons. The zero-order valence-corrected chi connectivity index (χ0v) is 13.6. The number of anilines is 1. The van der Waals surface area contributed by atoms with Gasteiger partial charge in [0.2, 0.25) is 0 Å². The van der Waals surface area contributed by atoms with Gasteiger partial charge in [0.1, 0.15) is 6.33 Å². The van der Waals surface area contributed by atoms with Crippen molar-refractivity contribution in [3.63, 3.8) is 0 Å². The van der Waals surface area contributed by atoms with Gasteiger partial charge in [-0.25, -0.2) is 14.8 Å². The normalized spacial score (nSPS) is 10.5. The van der Waals surface area contributed by atoms with Crippen molar-refractivity contribution < 1.29 is 4.79 Å². The quantitative estimate of drug-likeness (QED) is 0.799. The number of hydrogen-bond donors (Lipinski definition) is 1. The van der Waals surface area contributed by atoms with Gasteiger partial charge in [-0.05, 0) is 12.1 Å². The molecule has 118 valence electrons. The Bertz CT molecular complexity index is 798. The zero-order chi connectivity index (χ0) is 16.2. The van der Waals surface area contributed by atoms with Gasteiger partial charge in [0.25, 0.3) is 0 Å². The van der Waals surface area contributed by atoms with E-state index in [1.807, 2.05) is 36.7 Å². The molecule has 3 aromatic rings. The average Bonchev–Trinajstić information content (AvgIpc) is 3.19. The molecular formula is C15H16N6OS. The molecule has 0 fully saturated rings. The summed E-state index contributed by atoms with van der Waals surface area (Å²) in [5.74, 6) is 0.624. The zero-order valence-electron chi connectivity index (χ0n) is 12.8. The molecule has 2 amide bonds. The van der Waals surface area contributed by atoms with Crippen LogP contribution < -0.4 is 5.32 Å². The Labute approximate surface area is 137 Å². The van der Waals surface area contributed by atoms with Crippen molar-refractivity contribution in [3.05, 3.63) is 47.2 Å². The maximum absolute atomic E-state index is 12.2. The fourth-order valence-corrected chi connectivity index (χ4v) is 2.61. The van der Waals surface area contributed by atoms with Gasteiger partial charge in [0.05, 0.1) is 17.7 Å². The molecule has 23 heavy (non-hydrogen) atoms. The van der Waals surface area contributed by atoms with Gasteiger partial charge in [0, 0.05) is 30.7 Å². The van der Waals surface area contributed by atoms with E-state index in [4.69, 9.17) is 0 Å². The van der Waals surface area contributed by atoms with E-state index in [1.165, 1.54) is 11.3 Å². The van der Waals surface area contributed by atoms with Gasteiger partial charge in [-0.1, -0.05) is 12.1 Å². The molecule has 2 heterocycles. The lowest BCUT2D eigenvalue weighted by Crippen LogP contribution is -2.30. The van der Waals surface area contributed by atoms with Crippen LogP contribution >= 0.6 is 11.3 Å². The van der Waals surface area contributed by atoms with Gasteiger partial charge in [-0.15, -0.1) is 11.3 Å². The number of carbonyl (C=O) groups is 1. The highest BCUT2D eigenvalue weighted by Gasteiger charge is 2.11. The van der Waals surface area contributed by atoms with Crippen LogP contribution in [0.25, 0.3) is 11.4 Å². The second kappa shape index (κ2) is 6.57. The Hall–Kier alpha value is -2.74. The third-order valence-corrected chi connectivity index (χ3v) is 3.84. The molecular weight excluding hydrogens is 312 g/mol. The van der Waals surface area contributed by atoms with Crippen molar-refractivity contribution in [2.75, 3.05) is 12.4 Å². The molecule has 1 N–H and O–H groups in total. The van der Waals surface area contributed by atoms with Gasteiger partial charge >= 0.3 is 6.03 Å². The highest BCUT2D eigenvalue weighted by atomic mass is 32.1. The number of nitrogens with one attached hydrogen (secondary N) is 1. The fourth-order valence-electron chi connectivity index (χ4n) is 2.06. The molecule has 0 aliphatic rings. The summed E-state index contributed by atoms with van der Waals surface area (Å²) >= 11 is 1.51. The topological polar surface area (TPSA) is 75.9 Å². The summed E-state index contributed by atoms with van der Waals surface area (Å²) in [5.41, 5.74) is 4.18. The van der Waals surface area contributed by atoms with Crippen LogP contribution in [0, 0.1) is 0 Å². The highest BCUT2D eigenvalue weighted by molar-refractivity contribution is 7.07. The van der Waals surface area contributed by atoms with Gasteiger partial charge in [-0.2, -0.15) is 5.10 Å². The summed E-state index contributed by atoms with van der Waals surface area (Å²) in [7, 11) is 3.55. The molecule has 0 saturated heterocycles. The first-order chi connectivity index (χ1) is 11.1. The van der Waals surface area contributed by atoms with Crippen molar-refractivity contribution in [3.8, 4) is 11.4 Å². The minimum Gasteiger partial charge on any atom is -0.322 e. The lowest BCUT2D eigenvalue weighted by Gasteiger charge is -2.17. The van der Waals surface area contributed by atoms with Crippen LogP contribution in [0.2, 0.25) is 0 Å². The van der Waals surface area contributed by atoms with E-state index in [1.54, 1.807) is 28.5 Å². The van der Waals surface area contributed by atoms with E-state index in [-0.39, 0.29) is 6.03 Å². The number of benzene rings is 1. The maximum Gasteiger partial charge on any atom is 0.321 e. The standard InChI is InChI=1S/C15H16N6OS/c1-20(7-13-8-23-10-17-13)15(22)18-12-5-3-4-11(6-12)14-16-9-21(2)19-14/h3-6,8-10H,7H2,1-2H3,(H,18,22). The summed E-state index contributed by atoms with van der Waals surface area (Å²) < 4.78 is 1.64. The average molecular weight is 328 g/mol. The first kappa shape index (κ1) is 15.2. The second-order valence-corrected chi connectivity index (χ2v) is 5.81. The van der Waals surface area contributed by atoms with Crippen molar-refractivity contribution >= 4 is 23.1 Å². The van der Waals surface area contributed by atoms with Crippen molar-refractivity contribution in [1.29, 1.82) is 0 Å². The van der Waals surface area contributed by atoms with Crippen molar-refractivity contribution in [1.82, 2.24) is 24.6 Å². The van der Waals surface area contributed by atoms with Gasteiger partial charge < -0.3 is 10.2 Å². The first-order valence-corrected chi connectivity index (χ1v) is 7.91. The largest absolute Gasteiger partial charge is 0.322 e. The first-order valence-electron chi connectivity index (χ1n) is 6.97. The van der Waals surface area contributed by atoms with Gasteiger partial charge in [-0.3, -0.25) is 4.68 Å². The molecule has 8 heteroatoms. The number of thiazole rings is 1. The van der Waals surface area contributed by atoms with Crippen LogP contribution in [0.15, 0.2) is 41.5 Å². The molecule has 1 aromatic carbocycles. The van der Waals surface area contributed by atoms with E-state index in [0.717, 1.165) is 11.3 Å². The molecule has 0 saturated carbocycles. The van der Waals surface area contributed by atoms with Crippen LogP contribution in [-0.4, -0.2) is 37.7 Å². The lowest BCUT2D eigenvalue weighted by molar-refractivity contribution is 0.220. The lowest BCUT2D eigenvalue weighted by atomic mass is 10.2. The van der Waals surface area contributed by atoms with Crippen LogP contribution in [0.5, 0.6) is 0 Å². The number of rotatable bonds is 4. The fraction of sp³-hybridized carbons (Fsp3) is 0.200. The predicted molar refractivity (Wildman–Crippen MR) is 89.0 cm³/mol. The SMILES string of the molecule is CN(Cc1cscn1)C(=O)Nc1cccc(-c2ncn(C)n2)c1.